The molecular weight excluding hydrogens is 357 g/mol. The molecule has 0 radical (unpaired) electrons. The van der Waals surface area contributed by atoms with Crippen LogP contribution in [0.4, 0.5) is 24.5 Å². The van der Waals surface area contributed by atoms with E-state index in [1.807, 2.05) is 32.9 Å². The summed E-state index contributed by atoms with van der Waals surface area (Å²) in [6, 6.07) is 5.58. The Bertz CT molecular complexity index is 874. The summed E-state index contributed by atoms with van der Waals surface area (Å²) in [4.78, 5) is 25.0. The highest BCUT2D eigenvalue weighted by Crippen LogP contribution is 2.25. The number of nitrogens with zero attached hydrogens (tertiary/aromatic N) is 1. The van der Waals surface area contributed by atoms with E-state index in [9.17, 15) is 22.8 Å². The molecule has 0 aliphatic heterocycles. The van der Waals surface area contributed by atoms with Crippen molar-refractivity contribution >= 4 is 23.2 Å². The first-order valence-corrected chi connectivity index (χ1v) is 8.41. The third kappa shape index (κ3) is 4.67. The number of rotatable bonds is 5. The smallest absolute Gasteiger partial charge is 0.226 e. The number of carbonyl (C=O) groups is 2. The van der Waals surface area contributed by atoms with Crippen LogP contribution in [0.5, 0.6) is 0 Å². The number of nitrogens with one attached hydrogen (secondary N) is 1. The van der Waals surface area contributed by atoms with Gasteiger partial charge < -0.3 is 10.2 Å². The summed E-state index contributed by atoms with van der Waals surface area (Å²) in [5.74, 6) is -5.43. The van der Waals surface area contributed by atoms with Crippen molar-refractivity contribution in [2.75, 3.05) is 16.8 Å². The summed E-state index contributed by atoms with van der Waals surface area (Å²) in [5.41, 5.74) is 3.14. The molecule has 2 aromatic carbocycles. The minimum Gasteiger partial charge on any atom is -0.326 e. The molecule has 0 atom stereocenters. The molecule has 0 saturated carbocycles. The highest BCUT2D eigenvalue weighted by atomic mass is 19.2. The van der Waals surface area contributed by atoms with Gasteiger partial charge in [-0.1, -0.05) is 17.7 Å². The van der Waals surface area contributed by atoms with Crippen LogP contribution in [-0.2, 0) is 9.59 Å². The Balaban J connectivity index is 2.14. The molecule has 0 aliphatic rings. The van der Waals surface area contributed by atoms with Crippen LogP contribution in [-0.4, -0.2) is 18.4 Å². The maximum atomic E-state index is 14.0. The fourth-order valence-electron chi connectivity index (χ4n) is 2.96. The number of hydrogen-bond acceptors (Lipinski definition) is 2. The van der Waals surface area contributed by atoms with Crippen molar-refractivity contribution in [2.24, 2.45) is 0 Å². The molecule has 0 fully saturated rings. The van der Waals surface area contributed by atoms with Crippen LogP contribution >= 0.6 is 0 Å². The lowest BCUT2D eigenvalue weighted by Gasteiger charge is -2.22. The van der Waals surface area contributed by atoms with E-state index in [0.717, 1.165) is 40.6 Å². The average Bonchev–Trinajstić information content (AvgIpc) is 2.57. The third-order valence-corrected chi connectivity index (χ3v) is 4.19. The second kappa shape index (κ2) is 8.24. The highest BCUT2D eigenvalue weighted by molar-refractivity contribution is 5.95. The first-order chi connectivity index (χ1) is 12.6. The normalized spacial score (nSPS) is 10.6. The SMILES string of the molecule is CC(=O)N(CCC(=O)Nc1c(C)cc(C)cc1C)c1ccc(F)c(F)c1F. The van der Waals surface area contributed by atoms with Crippen LogP contribution < -0.4 is 10.2 Å². The van der Waals surface area contributed by atoms with Gasteiger partial charge in [-0.15, -0.1) is 0 Å². The van der Waals surface area contributed by atoms with Gasteiger partial charge in [0.25, 0.3) is 0 Å². The lowest BCUT2D eigenvalue weighted by Crippen LogP contribution is -2.33. The maximum absolute atomic E-state index is 14.0. The van der Waals surface area contributed by atoms with Crippen LogP contribution in [0.25, 0.3) is 0 Å². The highest BCUT2D eigenvalue weighted by Gasteiger charge is 2.22. The van der Waals surface area contributed by atoms with Gasteiger partial charge in [0.05, 0.1) is 5.69 Å². The molecule has 2 amide bonds. The summed E-state index contributed by atoms with van der Waals surface area (Å²) < 4.78 is 40.5. The van der Waals surface area contributed by atoms with Gasteiger partial charge in [-0.3, -0.25) is 9.59 Å². The van der Waals surface area contributed by atoms with Crippen molar-refractivity contribution in [1.82, 2.24) is 0 Å². The molecule has 27 heavy (non-hydrogen) atoms. The van der Waals surface area contributed by atoms with Crippen molar-refractivity contribution in [2.45, 2.75) is 34.1 Å². The molecular formula is C20H21F3N2O2. The quantitative estimate of drug-likeness (QED) is 0.784. The van der Waals surface area contributed by atoms with Crippen molar-refractivity contribution in [3.05, 3.63) is 58.4 Å². The monoisotopic (exact) mass is 378 g/mol. The molecule has 144 valence electrons. The van der Waals surface area contributed by atoms with E-state index >= 15 is 0 Å². The Morgan fingerprint density at radius 2 is 1.59 bits per heavy atom. The number of halogens is 3. The van der Waals surface area contributed by atoms with E-state index in [2.05, 4.69) is 5.32 Å². The Morgan fingerprint density at radius 1 is 1.00 bits per heavy atom. The number of hydrogen-bond donors (Lipinski definition) is 1. The molecule has 2 aromatic rings. The number of carbonyl (C=O) groups excluding carboxylic acids is 2. The van der Waals surface area contributed by atoms with Gasteiger partial charge in [-0.2, -0.15) is 0 Å². The van der Waals surface area contributed by atoms with Gasteiger partial charge in [0.15, 0.2) is 17.5 Å². The van der Waals surface area contributed by atoms with Gasteiger partial charge in [0.2, 0.25) is 11.8 Å². The first-order valence-electron chi connectivity index (χ1n) is 8.41. The fraction of sp³-hybridized carbons (Fsp3) is 0.300. The molecule has 0 aliphatic carbocycles. The zero-order valence-corrected chi connectivity index (χ0v) is 15.6. The number of amides is 2. The zero-order valence-electron chi connectivity index (χ0n) is 15.6. The Hall–Kier alpha value is -2.83. The van der Waals surface area contributed by atoms with Gasteiger partial charge in [0, 0.05) is 25.6 Å². The largest absolute Gasteiger partial charge is 0.326 e. The van der Waals surface area contributed by atoms with Crippen LogP contribution in [0.1, 0.15) is 30.0 Å². The molecule has 2 rings (SSSR count). The summed E-state index contributed by atoms with van der Waals surface area (Å²) in [6.07, 6.45) is -0.134. The van der Waals surface area contributed by atoms with E-state index in [0.29, 0.717) is 5.69 Å². The summed E-state index contributed by atoms with van der Waals surface area (Å²) in [6.45, 7) is 6.68. The van der Waals surface area contributed by atoms with Crippen molar-refractivity contribution in [3.63, 3.8) is 0 Å². The predicted molar refractivity (Wildman–Crippen MR) is 98.2 cm³/mol. The topological polar surface area (TPSA) is 49.4 Å². The lowest BCUT2D eigenvalue weighted by molar-refractivity contribution is -0.117. The van der Waals surface area contributed by atoms with E-state index < -0.39 is 29.0 Å². The standard InChI is InChI=1S/C20H21F3N2O2/c1-11-9-12(2)20(13(3)10-11)24-17(27)7-8-25(14(4)26)16-6-5-15(21)18(22)19(16)23/h5-6,9-10H,7-8H2,1-4H3,(H,24,27). The molecule has 0 unspecified atom stereocenters. The second-order valence-corrected chi connectivity index (χ2v) is 6.44. The van der Waals surface area contributed by atoms with E-state index in [1.165, 1.54) is 0 Å². The molecule has 0 bridgehead atoms. The Morgan fingerprint density at radius 3 is 2.15 bits per heavy atom. The first kappa shape index (κ1) is 20.5. The molecule has 0 saturated heterocycles. The van der Waals surface area contributed by atoms with Gasteiger partial charge in [0.1, 0.15) is 0 Å². The fourth-order valence-corrected chi connectivity index (χ4v) is 2.96. The van der Waals surface area contributed by atoms with Crippen molar-refractivity contribution < 1.29 is 22.8 Å². The average molecular weight is 378 g/mol. The Labute approximate surface area is 156 Å². The van der Waals surface area contributed by atoms with Crippen LogP contribution in [0, 0.1) is 38.2 Å². The molecule has 0 heterocycles. The van der Waals surface area contributed by atoms with Gasteiger partial charge >= 0.3 is 0 Å². The number of benzene rings is 2. The summed E-state index contributed by atoms with van der Waals surface area (Å²) >= 11 is 0. The van der Waals surface area contributed by atoms with E-state index in [4.69, 9.17) is 0 Å². The molecule has 4 nitrogen and oxygen atoms in total. The van der Waals surface area contributed by atoms with Crippen LogP contribution in [0.3, 0.4) is 0 Å². The van der Waals surface area contributed by atoms with Gasteiger partial charge in [-0.25, -0.2) is 13.2 Å². The van der Waals surface area contributed by atoms with Crippen LogP contribution in [0.2, 0.25) is 0 Å². The summed E-state index contributed by atoms with van der Waals surface area (Å²) in [7, 11) is 0. The molecule has 7 heteroatoms. The van der Waals surface area contributed by atoms with Crippen LogP contribution in [0.15, 0.2) is 24.3 Å². The maximum Gasteiger partial charge on any atom is 0.226 e. The molecule has 0 aromatic heterocycles. The molecule has 1 N–H and O–H groups in total. The minimum atomic E-state index is -1.66. The third-order valence-electron chi connectivity index (χ3n) is 4.19. The number of aryl methyl sites for hydroxylation is 3. The predicted octanol–water partition coefficient (Wildman–Crippen LogP) is 4.41. The summed E-state index contributed by atoms with van der Waals surface area (Å²) in [5, 5.41) is 2.78. The van der Waals surface area contributed by atoms with E-state index in [1.54, 1.807) is 0 Å². The zero-order chi connectivity index (χ0) is 20.3. The van der Waals surface area contributed by atoms with Crippen molar-refractivity contribution in [1.29, 1.82) is 0 Å². The van der Waals surface area contributed by atoms with Gasteiger partial charge in [-0.05, 0) is 44.0 Å². The second-order valence-electron chi connectivity index (χ2n) is 6.44. The minimum absolute atomic E-state index is 0.134. The lowest BCUT2D eigenvalue weighted by atomic mass is 10.0. The number of anilines is 2. The van der Waals surface area contributed by atoms with E-state index in [-0.39, 0.29) is 18.9 Å². The Kier molecular flexibility index (Phi) is 6.25. The van der Waals surface area contributed by atoms with Crippen molar-refractivity contribution in [3.8, 4) is 0 Å². The molecule has 0 spiro atoms.